The van der Waals surface area contributed by atoms with E-state index in [1.807, 2.05) is 30.3 Å². The standard InChI is InChI=1S/C15H19N3O/c1-18-7-6-11(10-18)9-16-14-8-12-4-2-3-5-13(12)15(19)17-14/h2-5,8,11H,6-7,9-10H2,1H3,(H2,16,17,19). The van der Waals surface area contributed by atoms with Crippen molar-refractivity contribution in [2.45, 2.75) is 6.42 Å². The van der Waals surface area contributed by atoms with Crippen molar-refractivity contribution in [3.05, 3.63) is 40.7 Å². The quantitative estimate of drug-likeness (QED) is 0.883. The highest BCUT2D eigenvalue weighted by Crippen LogP contribution is 2.16. The Morgan fingerprint density at radius 1 is 1.42 bits per heavy atom. The molecule has 2 aromatic rings. The Bertz CT molecular complexity index is 635. The molecule has 4 heteroatoms. The normalized spacial score (nSPS) is 19.9. The number of hydrogen-bond donors (Lipinski definition) is 2. The molecule has 1 saturated heterocycles. The van der Waals surface area contributed by atoms with Gasteiger partial charge >= 0.3 is 0 Å². The molecular weight excluding hydrogens is 238 g/mol. The van der Waals surface area contributed by atoms with Gasteiger partial charge in [-0.15, -0.1) is 0 Å². The van der Waals surface area contributed by atoms with Gasteiger partial charge in [0, 0.05) is 18.5 Å². The van der Waals surface area contributed by atoms with E-state index in [2.05, 4.69) is 22.2 Å². The van der Waals surface area contributed by atoms with Crippen molar-refractivity contribution in [1.82, 2.24) is 9.88 Å². The highest BCUT2D eigenvalue weighted by molar-refractivity contribution is 5.83. The van der Waals surface area contributed by atoms with Crippen LogP contribution in [0.15, 0.2) is 35.1 Å². The van der Waals surface area contributed by atoms with Gasteiger partial charge in [-0.3, -0.25) is 4.79 Å². The average Bonchev–Trinajstić information content (AvgIpc) is 2.82. The SMILES string of the molecule is CN1CCC(CNc2cc3ccccc3c(=O)[nH]2)C1. The van der Waals surface area contributed by atoms with E-state index in [1.54, 1.807) is 0 Å². The summed E-state index contributed by atoms with van der Waals surface area (Å²) in [4.78, 5) is 17.2. The van der Waals surface area contributed by atoms with Gasteiger partial charge in [0.2, 0.25) is 0 Å². The maximum Gasteiger partial charge on any atom is 0.257 e. The molecular formula is C15H19N3O. The fourth-order valence-corrected chi connectivity index (χ4v) is 2.75. The number of aromatic amines is 1. The minimum atomic E-state index is -0.0239. The second-order valence-corrected chi connectivity index (χ2v) is 5.40. The summed E-state index contributed by atoms with van der Waals surface area (Å²) < 4.78 is 0. The molecule has 2 N–H and O–H groups in total. The van der Waals surface area contributed by atoms with Crippen LogP contribution in [0.3, 0.4) is 0 Å². The van der Waals surface area contributed by atoms with E-state index >= 15 is 0 Å². The first-order valence-corrected chi connectivity index (χ1v) is 6.77. The Balaban J connectivity index is 1.76. The number of nitrogens with one attached hydrogen (secondary N) is 2. The van der Waals surface area contributed by atoms with Crippen LogP contribution in [0.5, 0.6) is 0 Å². The number of rotatable bonds is 3. The molecule has 1 aromatic heterocycles. The van der Waals surface area contributed by atoms with Crippen molar-refractivity contribution in [2.24, 2.45) is 5.92 Å². The van der Waals surface area contributed by atoms with Crippen molar-refractivity contribution in [3.8, 4) is 0 Å². The number of pyridine rings is 1. The monoisotopic (exact) mass is 257 g/mol. The van der Waals surface area contributed by atoms with Crippen molar-refractivity contribution in [1.29, 1.82) is 0 Å². The van der Waals surface area contributed by atoms with Gasteiger partial charge in [-0.05, 0) is 43.5 Å². The van der Waals surface area contributed by atoms with Crippen molar-refractivity contribution in [3.63, 3.8) is 0 Å². The first kappa shape index (κ1) is 12.2. The number of H-pyrrole nitrogens is 1. The number of hydrogen-bond acceptors (Lipinski definition) is 3. The van der Waals surface area contributed by atoms with E-state index in [0.717, 1.165) is 29.7 Å². The third-order valence-corrected chi connectivity index (χ3v) is 3.82. The highest BCUT2D eigenvalue weighted by Gasteiger charge is 2.18. The maximum absolute atomic E-state index is 11.9. The lowest BCUT2D eigenvalue weighted by molar-refractivity contribution is 0.399. The molecule has 0 bridgehead atoms. The molecule has 0 spiro atoms. The summed E-state index contributed by atoms with van der Waals surface area (Å²) >= 11 is 0. The van der Waals surface area contributed by atoms with Gasteiger partial charge in [0.1, 0.15) is 5.82 Å². The smallest absolute Gasteiger partial charge is 0.257 e. The first-order chi connectivity index (χ1) is 9.22. The molecule has 4 nitrogen and oxygen atoms in total. The number of anilines is 1. The molecule has 0 aliphatic carbocycles. The van der Waals surface area contributed by atoms with Gasteiger partial charge in [-0.2, -0.15) is 0 Å². The summed E-state index contributed by atoms with van der Waals surface area (Å²) in [6.45, 7) is 3.21. The third-order valence-electron chi connectivity index (χ3n) is 3.82. The minimum absolute atomic E-state index is 0.0239. The van der Waals surface area contributed by atoms with Crippen LogP contribution in [-0.4, -0.2) is 36.6 Å². The lowest BCUT2D eigenvalue weighted by Gasteiger charge is -2.12. The Morgan fingerprint density at radius 2 is 2.26 bits per heavy atom. The first-order valence-electron chi connectivity index (χ1n) is 6.77. The zero-order valence-corrected chi connectivity index (χ0v) is 11.1. The summed E-state index contributed by atoms with van der Waals surface area (Å²) in [7, 11) is 2.15. The second-order valence-electron chi connectivity index (χ2n) is 5.40. The fraction of sp³-hybridized carbons (Fsp3) is 0.400. The molecule has 0 amide bonds. The summed E-state index contributed by atoms with van der Waals surface area (Å²) in [5, 5.41) is 5.09. The number of benzene rings is 1. The lowest BCUT2D eigenvalue weighted by atomic mass is 10.1. The third kappa shape index (κ3) is 2.63. The molecule has 2 heterocycles. The molecule has 1 aromatic carbocycles. The van der Waals surface area contributed by atoms with E-state index in [0.29, 0.717) is 5.92 Å². The predicted octanol–water partition coefficient (Wildman–Crippen LogP) is 1.89. The average molecular weight is 257 g/mol. The molecule has 0 saturated carbocycles. The van der Waals surface area contributed by atoms with Crippen molar-refractivity contribution >= 4 is 16.6 Å². The van der Waals surface area contributed by atoms with E-state index in [4.69, 9.17) is 0 Å². The Morgan fingerprint density at radius 3 is 3.05 bits per heavy atom. The van der Waals surface area contributed by atoms with Crippen LogP contribution in [-0.2, 0) is 0 Å². The number of aromatic nitrogens is 1. The second kappa shape index (κ2) is 5.05. The lowest BCUT2D eigenvalue weighted by Crippen LogP contribution is -2.20. The topological polar surface area (TPSA) is 48.1 Å². The summed E-state index contributed by atoms with van der Waals surface area (Å²) in [5.74, 6) is 1.48. The minimum Gasteiger partial charge on any atom is -0.371 e. The fourth-order valence-electron chi connectivity index (χ4n) is 2.75. The van der Waals surface area contributed by atoms with E-state index in [-0.39, 0.29) is 5.56 Å². The molecule has 1 atom stereocenters. The predicted molar refractivity (Wildman–Crippen MR) is 78.7 cm³/mol. The number of nitrogens with zero attached hydrogens (tertiary/aromatic N) is 1. The van der Waals surface area contributed by atoms with Crippen molar-refractivity contribution < 1.29 is 0 Å². The van der Waals surface area contributed by atoms with E-state index in [1.165, 1.54) is 13.0 Å². The molecule has 1 fully saturated rings. The Kier molecular flexibility index (Phi) is 3.25. The molecule has 1 unspecified atom stereocenters. The summed E-state index contributed by atoms with van der Waals surface area (Å²) in [6, 6.07) is 9.68. The molecule has 0 radical (unpaired) electrons. The molecule has 100 valence electrons. The van der Waals surface area contributed by atoms with E-state index < -0.39 is 0 Å². The van der Waals surface area contributed by atoms with Crippen LogP contribution in [0.2, 0.25) is 0 Å². The zero-order valence-electron chi connectivity index (χ0n) is 11.1. The Hall–Kier alpha value is -1.81. The van der Waals surface area contributed by atoms with Crippen LogP contribution >= 0.6 is 0 Å². The van der Waals surface area contributed by atoms with Crippen LogP contribution in [0, 0.1) is 5.92 Å². The number of likely N-dealkylation sites (tertiary alicyclic amines) is 1. The van der Waals surface area contributed by atoms with Gasteiger partial charge in [-0.25, -0.2) is 0 Å². The molecule has 19 heavy (non-hydrogen) atoms. The van der Waals surface area contributed by atoms with Crippen LogP contribution in [0.25, 0.3) is 10.8 Å². The summed E-state index contributed by atoms with van der Waals surface area (Å²) in [6.07, 6.45) is 1.22. The molecule has 1 aliphatic rings. The highest BCUT2D eigenvalue weighted by atomic mass is 16.1. The van der Waals surface area contributed by atoms with Gasteiger partial charge in [0.15, 0.2) is 0 Å². The van der Waals surface area contributed by atoms with E-state index in [9.17, 15) is 4.79 Å². The molecule has 1 aliphatic heterocycles. The van der Waals surface area contributed by atoms with Crippen LogP contribution < -0.4 is 10.9 Å². The van der Waals surface area contributed by atoms with Gasteiger partial charge < -0.3 is 15.2 Å². The molecule has 3 rings (SSSR count). The summed E-state index contributed by atoms with van der Waals surface area (Å²) in [5.41, 5.74) is -0.0239. The maximum atomic E-state index is 11.9. The van der Waals surface area contributed by atoms with Gasteiger partial charge in [0.05, 0.1) is 0 Å². The Labute approximate surface area is 112 Å². The largest absolute Gasteiger partial charge is 0.371 e. The van der Waals surface area contributed by atoms with Crippen molar-refractivity contribution in [2.75, 3.05) is 32.0 Å². The zero-order chi connectivity index (χ0) is 13.2. The number of fused-ring (bicyclic) bond motifs is 1. The van der Waals surface area contributed by atoms with Crippen LogP contribution in [0.1, 0.15) is 6.42 Å². The van der Waals surface area contributed by atoms with Gasteiger partial charge in [-0.1, -0.05) is 18.2 Å². The van der Waals surface area contributed by atoms with Crippen LogP contribution in [0.4, 0.5) is 5.82 Å². The van der Waals surface area contributed by atoms with Gasteiger partial charge in [0.25, 0.3) is 5.56 Å².